The zero-order chi connectivity index (χ0) is 13.5. The minimum atomic E-state index is -0.0348. The van der Waals surface area contributed by atoms with Crippen LogP contribution in [0.15, 0.2) is 30.9 Å². The van der Waals surface area contributed by atoms with E-state index in [1.807, 2.05) is 25.1 Å². The highest BCUT2D eigenvalue weighted by molar-refractivity contribution is 6.32. The molecule has 0 spiro atoms. The van der Waals surface area contributed by atoms with E-state index >= 15 is 0 Å². The summed E-state index contributed by atoms with van der Waals surface area (Å²) in [5.41, 5.74) is 1.17. The van der Waals surface area contributed by atoms with Gasteiger partial charge in [-0.2, -0.15) is 0 Å². The van der Waals surface area contributed by atoms with E-state index in [-0.39, 0.29) is 6.10 Å². The van der Waals surface area contributed by atoms with E-state index in [2.05, 4.69) is 25.7 Å². The number of hydrogen-bond acceptors (Lipinski definition) is 2. The molecular weight excluding hydrogens is 246 g/mol. The van der Waals surface area contributed by atoms with Crippen molar-refractivity contribution >= 4 is 11.6 Å². The number of nitrogens with one attached hydrogen (secondary N) is 1. The van der Waals surface area contributed by atoms with Crippen molar-refractivity contribution in [1.82, 2.24) is 5.32 Å². The third-order valence-electron chi connectivity index (χ3n) is 2.52. The Morgan fingerprint density at radius 1 is 1.39 bits per heavy atom. The Hall–Kier alpha value is -0.990. The number of hydrogen-bond donors (Lipinski definition) is 1. The maximum atomic E-state index is 6.18. The van der Waals surface area contributed by atoms with Gasteiger partial charge >= 0.3 is 0 Å². The molecule has 1 atom stereocenters. The molecule has 1 unspecified atom stereocenters. The molecule has 1 aromatic carbocycles. The lowest BCUT2D eigenvalue weighted by Gasteiger charge is -2.13. The molecule has 0 heterocycles. The summed E-state index contributed by atoms with van der Waals surface area (Å²) in [4.78, 5) is 0. The summed E-state index contributed by atoms with van der Waals surface area (Å²) in [6, 6.07) is 5.89. The summed E-state index contributed by atoms with van der Waals surface area (Å²) < 4.78 is 5.62. The first-order chi connectivity index (χ1) is 8.52. The van der Waals surface area contributed by atoms with E-state index in [4.69, 9.17) is 16.3 Å². The monoisotopic (exact) mass is 267 g/mol. The van der Waals surface area contributed by atoms with Gasteiger partial charge in [0.25, 0.3) is 0 Å². The van der Waals surface area contributed by atoms with Gasteiger partial charge in [-0.05, 0) is 37.1 Å². The van der Waals surface area contributed by atoms with E-state index < -0.39 is 0 Å². The van der Waals surface area contributed by atoms with Crippen LogP contribution in [0.25, 0.3) is 0 Å². The molecule has 0 amide bonds. The van der Waals surface area contributed by atoms with Crippen molar-refractivity contribution in [3.63, 3.8) is 0 Å². The molecule has 0 aliphatic rings. The first-order valence-electron chi connectivity index (χ1n) is 6.31. The Morgan fingerprint density at radius 3 is 2.67 bits per heavy atom. The van der Waals surface area contributed by atoms with Crippen molar-refractivity contribution in [2.45, 2.75) is 33.4 Å². The van der Waals surface area contributed by atoms with Gasteiger partial charge in [0.05, 0.1) is 5.02 Å². The first kappa shape index (κ1) is 15.1. The molecule has 1 N–H and O–H groups in total. The van der Waals surface area contributed by atoms with Crippen LogP contribution in [0.2, 0.25) is 5.02 Å². The predicted octanol–water partition coefficient (Wildman–Crippen LogP) is 4.04. The van der Waals surface area contributed by atoms with E-state index in [1.165, 1.54) is 5.56 Å². The maximum absolute atomic E-state index is 6.18. The Labute approximate surface area is 115 Å². The van der Waals surface area contributed by atoms with E-state index in [0.717, 1.165) is 13.1 Å². The van der Waals surface area contributed by atoms with Crippen LogP contribution in [0.4, 0.5) is 0 Å². The van der Waals surface area contributed by atoms with Crippen molar-refractivity contribution in [2.24, 2.45) is 5.92 Å². The average Bonchev–Trinajstić information content (AvgIpc) is 2.32. The molecule has 18 heavy (non-hydrogen) atoms. The molecule has 0 aromatic heterocycles. The Kier molecular flexibility index (Phi) is 6.23. The second-order valence-electron chi connectivity index (χ2n) is 4.85. The number of ether oxygens (including phenoxy) is 1. The molecule has 2 nitrogen and oxygen atoms in total. The molecule has 1 rings (SSSR count). The summed E-state index contributed by atoms with van der Waals surface area (Å²) in [6.07, 6.45) is 1.71. The highest BCUT2D eigenvalue weighted by Crippen LogP contribution is 2.26. The lowest BCUT2D eigenvalue weighted by atomic mass is 10.2. The van der Waals surface area contributed by atoms with E-state index in [0.29, 0.717) is 16.7 Å². The van der Waals surface area contributed by atoms with E-state index in [9.17, 15) is 0 Å². The fourth-order valence-electron chi connectivity index (χ4n) is 1.50. The van der Waals surface area contributed by atoms with Gasteiger partial charge < -0.3 is 10.1 Å². The number of benzene rings is 1. The van der Waals surface area contributed by atoms with Crippen LogP contribution in [-0.4, -0.2) is 12.6 Å². The van der Waals surface area contributed by atoms with Gasteiger partial charge in [-0.3, -0.25) is 0 Å². The van der Waals surface area contributed by atoms with Gasteiger partial charge in [-0.25, -0.2) is 0 Å². The van der Waals surface area contributed by atoms with Gasteiger partial charge in [-0.1, -0.05) is 44.2 Å². The maximum Gasteiger partial charge on any atom is 0.138 e. The fourth-order valence-corrected chi connectivity index (χ4v) is 1.75. The number of halogens is 1. The lowest BCUT2D eigenvalue weighted by Crippen LogP contribution is -2.18. The third-order valence-corrected chi connectivity index (χ3v) is 2.82. The standard InChI is InChI=1S/C15H22ClNO/c1-5-12(4)18-15-7-6-13(8-14(15)16)10-17-9-11(2)3/h5-8,11-12,17H,1,9-10H2,2-4H3. The molecule has 0 fully saturated rings. The highest BCUT2D eigenvalue weighted by Gasteiger charge is 2.05. The summed E-state index contributed by atoms with van der Waals surface area (Å²) in [5, 5.41) is 4.03. The van der Waals surface area contributed by atoms with Crippen LogP contribution >= 0.6 is 11.6 Å². The van der Waals surface area contributed by atoms with Crippen LogP contribution in [0, 0.1) is 5.92 Å². The molecule has 100 valence electrons. The highest BCUT2D eigenvalue weighted by atomic mass is 35.5. The molecule has 0 aliphatic heterocycles. The van der Waals surface area contributed by atoms with Crippen molar-refractivity contribution in [3.8, 4) is 5.75 Å². The normalized spacial score (nSPS) is 12.5. The molecule has 0 aliphatic carbocycles. The summed E-state index contributed by atoms with van der Waals surface area (Å²) in [6.45, 7) is 11.8. The SMILES string of the molecule is C=CC(C)Oc1ccc(CNCC(C)C)cc1Cl. The van der Waals surface area contributed by atoms with Gasteiger partial charge in [0.1, 0.15) is 11.9 Å². The van der Waals surface area contributed by atoms with Crippen LogP contribution in [0.3, 0.4) is 0 Å². The van der Waals surface area contributed by atoms with Gasteiger partial charge in [0, 0.05) is 6.54 Å². The van der Waals surface area contributed by atoms with Crippen molar-refractivity contribution in [1.29, 1.82) is 0 Å². The summed E-state index contributed by atoms with van der Waals surface area (Å²) in [7, 11) is 0. The first-order valence-corrected chi connectivity index (χ1v) is 6.69. The van der Waals surface area contributed by atoms with Crippen molar-refractivity contribution in [2.75, 3.05) is 6.54 Å². The molecule has 3 heteroatoms. The van der Waals surface area contributed by atoms with Gasteiger partial charge in [-0.15, -0.1) is 0 Å². The largest absolute Gasteiger partial charge is 0.485 e. The lowest BCUT2D eigenvalue weighted by molar-refractivity contribution is 0.270. The summed E-state index contributed by atoms with van der Waals surface area (Å²) >= 11 is 6.18. The zero-order valence-electron chi connectivity index (χ0n) is 11.4. The van der Waals surface area contributed by atoms with Crippen molar-refractivity contribution in [3.05, 3.63) is 41.4 Å². The quantitative estimate of drug-likeness (QED) is 0.753. The van der Waals surface area contributed by atoms with Crippen molar-refractivity contribution < 1.29 is 4.74 Å². The molecule has 0 radical (unpaired) electrons. The zero-order valence-corrected chi connectivity index (χ0v) is 12.1. The second kappa shape index (κ2) is 7.45. The molecule has 0 saturated carbocycles. The van der Waals surface area contributed by atoms with Crippen LogP contribution in [-0.2, 0) is 6.54 Å². The average molecular weight is 268 g/mol. The third kappa shape index (κ3) is 5.11. The van der Waals surface area contributed by atoms with Gasteiger partial charge in [0.2, 0.25) is 0 Å². The topological polar surface area (TPSA) is 21.3 Å². The Bertz CT molecular complexity index is 390. The second-order valence-corrected chi connectivity index (χ2v) is 5.26. The minimum Gasteiger partial charge on any atom is -0.485 e. The van der Waals surface area contributed by atoms with Gasteiger partial charge in [0.15, 0.2) is 0 Å². The molecule has 0 saturated heterocycles. The predicted molar refractivity (Wildman–Crippen MR) is 78.3 cm³/mol. The molecule has 1 aromatic rings. The van der Waals surface area contributed by atoms with Crippen LogP contribution in [0.1, 0.15) is 26.3 Å². The molecule has 0 bridgehead atoms. The minimum absolute atomic E-state index is 0.0348. The number of rotatable bonds is 7. The van der Waals surface area contributed by atoms with Crippen LogP contribution in [0.5, 0.6) is 5.75 Å². The Morgan fingerprint density at radius 2 is 2.11 bits per heavy atom. The Balaban J connectivity index is 2.58. The van der Waals surface area contributed by atoms with Crippen LogP contribution < -0.4 is 10.1 Å². The van der Waals surface area contributed by atoms with E-state index in [1.54, 1.807) is 6.08 Å². The molecular formula is C15H22ClNO. The summed E-state index contributed by atoms with van der Waals surface area (Å²) in [5.74, 6) is 1.35. The fraction of sp³-hybridized carbons (Fsp3) is 0.467. The smallest absolute Gasteiger partial charge is 0.138 e.